The van der Waals surface area contributed by atoms with Crippen molar-refractivity contribution < 1.29 is 13.6 Å². The van der Waals surface area contributed by atoms with Crippen LogP contribution in [0.15, 0.2) is 12.1 Å². The molecule has 2 aliphatic heterocycles. The summed E-state index contributed by atoms with van der Waals surface area (Å²) < 4.78 is 27.9. The number of amides is 1. The van der Waals surface area contributed by atoms with Crippen molar-refractivity contribution >= 4 is 11.6 Å². The normalized spacial score (nSPS) is 23.0. The highest BCUT2D eigenvalue weighted by Crippen LogP contribution is 2.25. The lowest BCUT2D eigenvalue weighted by Gasteiger charge is -2.26. The fourth-order valence-electron chi connectivity index (χ4n) is 3.31. The number of nitrogens with zero attached hydrogens (tertiary/aromatic N) is 2. The van der Waals surface area contributed by atoms with Crippen molar-refractivity contribution in [2.45, 2.75) is 25.3 Å². The average Bonchev–Trinajstić information content (AvgIpc) is 2.80. The Labute approximate surface area is 122 Å². The van der Waals surface area contributed by atoms with Crippen LogP contribution in [0.2, 0.25) is 0 Å². The zero-order valence-corrected chi connectivity index (χ0v) is 11.8. The first-order chi connectivity index (χ1) is 10.1. The van der Waals surface area contributed by atoms with Crippen LogP contribution in [-0.2, 0) is 0 Å². The van der Waals surface area contributed by atoms with Crippen LogP contribution in [0.4, 0.5) is 14.5 Å². The lowest BCUT2D eigenvalue weighted by molar-refractivity contribution is 0.0734. The quantitative estimate of drug-likeness (QED) is 0.805. The summed E-state index contributed by atoms with van der Waals surface area (Å²) in [6, 6.07) is 2.50. The van der Waals surface area contributed by atoms with Gasteiger partial charge in [0.15, 0.2) is 5.82 Å². The molecule has 2 aliphatic rings. The average molecular weight is 295 g/mol. The Hall–Kier alpha value is -1.69. The Morgan fingerprint density at radius 2 is 1.95 bits per heavy atom. The summed E-state index contributed by atoms with van der Waals surface area (Å²) in [6.07, 6.45) is 2.98. The fourth-order valence-corrected chi connectivity index (χ4v) is 3.31. The molecule has 1 aromatic rings. The predicted octanol–water partition coefficient (Wildman–Crippen LogP) is 1.86. The van der Waals surface area contributed by atoms with Crippen molar-refractivity contribution in [2.75, 3.05) is 31.9 Å². The van der Waals surface area contributed by atoms with E-state index in [4.69, 9.17) is 5.73 Å². The molecule has 0 saturated carbocycles. The van der Waals surface area contributed by atoms with Crippen molar-refractivity contribution in [1.82, 2.24) is 9.80 Å². The predicted molar refractivity (Wildman–Crippen MR) is 75.9 cm³/mol. The summed E-state index contributed by atoms with van der Waals surface area (Å²) in [5, 5.41) is 0. The molecule has 21 heavy (non-hydrogen) atoms. The maximum Gasteiger partial charge on any atom is 0.259 e. The van der Waals surface area contributed by atoms with Crippen molar-refractivity contribution in [1.29, 1.82) is 0 Å². The number of hydrogen-bond donors (Lipinski definition) is 1. The molecule has 0 radical (unpaired) electrons. The largest absolute Gasteiger partial charge is 0.396 e. The van der Waals surface area contributed by atoms with Crippen LogP contribution in [0.5, 0.6) is 0 Å². The minimum Gasteiger partial charge on any atom is -0.396 e. The number of carbonyl (C=O) groups excluding carboxylic acids is 1. The van der Waals surface area contributed by atoms with Gasteiger partial charge in [0.25, 0.3) is 5.91 Å². The fraction of sp³-hybridized carbons (Fsp3) is 0.533. The van der Waals surface area contributed by atoms with E-state index in [1.165, 1.54) is 0 Å². The first-order valence-corrected chi connectivity index (χ1v) is 7.34. The van der Waals surface area contributed by atoms with Crippen LogP contribution in [0, 0.1) is 11.6 Å². The Bertz CT molecular complexity index is 564. The number of rotatable bonds is 1. The first kappa shape index (κ1) is 14.3. The van der Waals surface area contributed by atoms with Crippen LogP contribution < -0.4 is 5.73 Å². The van der Waals surface area contributed by atoms with Gasteiger partial charge in [-0.2, -0.15) is 0 Å². The molecule has 114 valence electrons. The molecule has 2 heterocycles. The van der Waals surface area contributed by atoms with E-state index in [2.05, 4.69) is 4.90 Å². The molecule has 2 saturated heterocycles. The van der Waals surface area contributed by atoms with Crippen molar-refractivity contribution in [3.63, 3.8) is 0 Å². The Balaban J connectivity index is 1.86. The van der Waals surface area contributed by atoms with Crippen molar-refractivity contribution in [3.8, 4) is 0 Å². The molecular formula is C15H19F2N3O. The molecule has 1 amide bonds. The lowest BCUT2D eigenvalue weighted by atomic mass is 10.1. The van der Waals surface area contributed by atoms with E-state index >= 15 is 0 Å². The zero-order valence-electron chi connectivity index (χ0n) is 11.8. The monoisotopic (exact) mass is 295 g/mol. The SMILES string of the molecule is Nc1ccc(F)c(C(=O)N2CCCN3CCCC3C2)c1F. The first-order valence-electron chi connectivity index (χ1n) is 7.34. The summed E-state index contributed by atoms with van der Waals surface area (Å²) in [7, 11) is 0. The smallest absolute Gasteiger partial charge is 0.259 e. The van der Waals surface area contributed by atoms with E-state index in [1.807, 2.05) is 0 Å². The molecular weight excluding hydrogens is 276 g/mol. The molecule has 2 fully saturated rings. The van der Waals surface area contributed by atoms with Gasteiger partial charge in [-0.05, 0) is 37.9 Å². The Morgan fingerprint density at radius 1 is 1.19 bits per heavy atom. The minimum atomic E-state index is -0.951. The molecule has 1 unspecified atom stereocenters. The van der Waals surface area contributed by atoms with Gasteiger partial charge in [0.2, 0.25) is 0 Å². The molecule has 1 aromatic carbocycles. The summed E-state index contributed by atoms with van der Waals surface area (Å²) in [5.41, 5.74) is 4.73. The minimum absolute atomic E-state index is 0.197. The number of nitrogens with two attached hydrogens (primary N) is 1. The molecule has 3 rings (SSSR count). The molecule has 0 aliphatic carbocycles. The van der Waals surface area contributed by atoms with Gasteiger partial charge in [-0.3, -0.25) is 9.69 Å². The summed E-state index contributed by atoms with van der Waals surface area (Å²) >= 11 is 0. The van der Waals surface area contributed by atoms with Crippen LogP contribution in [-0.4, -0.2) is 47.9 Å². The number of hydrogen-bond acceptors (Lipinski definition) is 3. The molecule has 0 spiro atoms. The second-order valence-electron chi connectivity index (χ2n) is 5.76. The highest BCUT2D eigenvalue weighted by Gasteiger charge is 2.32. The van der Waals surface area contributed by atoms with E-state index < -0.39 is 23.1 Å². The molecule has 0 bridgehead atoms. The van der Waals surface area contributed by atoms with E-state index in [0.29, 0.717) is 19.1 Å². The van der Waals surface area contributed by atoms with Crippen LogP contribution in [0.3, 0.4) is 0 Å². The molecule has 4 nitrogen and oxygen atoms in total. The van der Waals surface area contributed by atoms with Crippen LogP contribution in [0.1, 0.15) is 29.6 Å². The standard InChI is InChI=1S/C15H19F2N3O/c16-11-4-5-12(18)14(17)13(11)15(21)20-8-2-7-19-6-1-3-10(19)9-20/h4-5,10H,1-3,6-9,18H2. The van der Waals surface area contributed by atoms with Gasteiger partial charge < -0.3 is 10.6 Å². The van der Waals surface area contributed by atoms with Crippen LogP contribution >= 0.6 is 0 Å². The number of carbonyl (C=O) groups is 1. The molecule has 6 heteroatoms. The molecule has 2 N–H and O–H groups in total. The van der Waals surface area contributed by atoms with Crippen molar-refractivity contribution in [2.24, 2.45) is 0 Å². The van der Waals surface area contributed by atoms with Crippen LogP contribution in [0.25, 0.3) is 0 Å². The van der Waals surface area contributed by atoms with Gasteiger partial charge in [-0.1, -0.05) is 0 Å². The van der Waals surface area contributed by atoms with Crippen molar-refractivity contribution in [3.05, 3.63) is 29.3 Å². The van der Waals surface area contributed by atoms with Gasteiger partial charge in [0.1, 0.15) is 11.4 Å². The number of benzene rings is 1. The Morgan fingerprint density at radius 3 is 2.76 bits per heavy atom. The van der Waals surface area contributed by atoms with E-state index in [-0.39, 0.29) is 5.69 Å². The highest BCUT2D eigenvalue weighted by molar-refractivity contribution is 5.95. The van der Waals surface area contributed by atoms with E-state index in [1.54, 1.807) is 4.90 Å². The van der Waals surface area contributed by atoms with Gasteiger partial charge in [-0.15, -0.1) is 0 Å². The third kappa shape index (κ3) is 2.60. The number of anilines is 1. The van der Waals surface area contributed by atoms with Gasteiger partial charge in [-0.25, -0.2) is 8.78 Å². The summed E-state index contributed by atoms with van der Waals surface area (Å²) in [5.74, 6) is -2.39. The van der Waals surface area contributed by atoms with Gasteiger partial charge in [0, 0.05) is 25.7 Å². The zero-order chi connectivity index (χ0) is 15.0. The van der Waals surface area contributed by atoms with Gasteiger partial charge >= 0.3 is 0 Å². The summed E-state index contributed by atoms with van der Waals surface area (Å²) in [6.45, 7) is 3.05. The number of halogens is 2. The summed E-state index contributed by atoms with van der Waals surface area (Å²) in [4.78, 5) is 16.4. The third-order valence-corrected chi connectivity index (χ3v) is 4.43. The second kappa shape index (κ2) is 5.60. The Kier molecular flexibility index (Phi) is 3.80. The molecule has 0 aromatic heterocycles. The maximum absolute atomic E-state index is 14.0. The van der Waals surface area contributed by atoms with Gasteiger partial charge in [0.05, 0.1) is 5.69 Å². The highest BCUT2D eigenvalue weighted by atomic mass is 19.1. The second-order valence-corrected chi connectivity index (χ2v) is 5.76. The number of fused-ring (bicyclic) bond motifs is 1. The molecule has 1 atom stereocenters. The third-order valence-electron chi connectivity index (χ3n) is 4.43. The van der Waals surface area contributed by atoms with E-state index in [0.717, 1.165) is 44.5 Å². The topological polar surface area (TPSA) is 49.6 Å². The van der Waals surface area contributed by atoms with E-state index in [9.17, 15) is 13.6 Å². The number of nitrogen functional groups attached to an aromatic ring is 1. The maximum atomic E-state index is 14.0. The lowest BCUT2D eigenvalue weighted by Crippen LogP contribution is -2.40.